The zero-order chi connectivity index (χ0) is 22.6. The van der Waals surface area contributed by atoms with Gasteiger partial charge in [0.1, 0.15) is 6.23 Å². The van der Waals surface area contributed by atoms with E-state index in [1.807, 2.05) is 0 Å². The van der Waals surface area contributed by atoms with Gasteiger partial charge < -0.3 is 26.2 Å². The molecule has 0 saturated heterocycles. The van der Waals surface area contributed by atoms with E-state index in [1.165, 1.54) is 12.8 Å². The molecule has 5 rings (SSSR count). The molecule has 13 atom stereocenters. The number of aliphatic hydroxyl groups excluding tert-OH is 4. The van der Waals surface area contributed by atoms with Crippen LogP contribution in [0, 0.1) is 41.4 Å². The van der Waals surface area contributed by atoms with Crippen LogP contribution in [0.15, 0.2) is 11.6 Å². The van der Waals surface area contributed by atoms with E-state index in [2.05, 4.69) is 18.3 Å². The molecule has 0 spiro atoms. The zero-order valence-corrected chi connectivity index (χ0v) is 19.5. The Kier molecular flexibility index (Phi) is 6.74. The van der Waals surface area contributed by atoms with Crippen LogP contribution < -0.4 is 11.1 Å². The van der Waals surface area contributed by atoms with Crippen LogP contribution in [0.3, 0.4) is 0 Å². The van der Waals surface area contributed by atoms with E-state index in [0.717, 1.165) is 51.4 Å². The van der Waals surface area contributed by atoms with Gasteiger partial charge in [-0.05, 0) is 91.9 Å². The molecule has 0 amide bonds. The maximum Gasteiger partial charge on any atom is 0.129 e. The third-order valence-electron chi connectivity index (χ3n) is 10.1. The Morgan fingerprint density at radius 3 is 2.25 bits per heavy atom. The Hall–Kier alpha value is -0.500. The molecular weight excluding hydrogens is 404 g/mol. The van der Waals surface area contributed by atoms with Crippen molar-refractivity contribution in [3.8, 4) is 0 Å². The van der Waals surface area contributed by atoms with Gasteiger partial charge in [-0.2, -0.15) is 0 Å². The fourth-order valence-electron chi connectivity index (χ4n) is 8.34. The summed E-state index contributed by atoms with van der Waals surface area (Å²) in [5.41, 5.74) is 7.03. The van der Waals surface area contributed by atoms with Crippen LogP contribution in [0.4, 0.5) is 0 Å². The second kappa shape index (κ2) is 9.27. The van der Waals surface area contributed by atoms with E-state index in [0.29, 0.717) is 23.3 Å². The van der Waals surface area contributed by atoms with Crippen molar-refractivity contribution in [2.45, 2.75) is 108 Å². The second-order valence-corrected chi connectivity index (χ2v) is 11.9. The molecule has 0 aliphatic heterocycles. The summed E-state index contributed by atoms with van der Waals surface area (Å²) in [5.74, 6) is 1.97. The first-order chi connectivity index (χ1) is 15.3. The molecule has 0 aromatic rings. The summed E-state index contributed by atoms with van der Waals surface area (Å²) in [5, 5.41) is 47.6. The lowest BCUT2D eigenvalue weighted by Crippen LogP contribution is -2.58. The lowest BCUT2D eigenvalue weighted by atomic mass is 9.55. The monoisotopic (exact) mass is 448 g/mol. The molecule has 0 aromatic carbocycles. The van der Waals surface area contributed by atoms with E-state index in [1.54, 1.807) is 0 Å². The van der Waals surface area contributed by atoms with Crippen LogP contribution in [0.5, 0.6) is 0 Å². The van der Waals surface area contributed by atoms with E-state index in [4.69, 9.17) is 5.73 Å². The van der Waals surface area contributed by atoms with Crippen LogP contribution in [-0.2, 0) is 0 Å². The molecule has 182 valence electrons. The third kappa shape index (κ3) is 4.09. The summed E-state index contributed by atoms with van der Waals surface area (Å²) >= 11 is 0. The molecule has 7 N–H and O–H groups in total. The van der Waals surface area contributed by atoms with Crippen molar-refractivity contribution < 1.29 is 20.4 Å². The molecule has 4 saturated carbocycles. The van der Waals surface area contributed by atoms with Crippen LogP contribution in [-0.4, -0.2) is 57.0 Å². The van der Waals surface area contributed by atoms with Gasteiger partial charge >= 0.3 is 0 Å². The Morgan fingerprint density at radius 2 is 1.50 bits per heavy atom. The first-order valence-electron chi connectivity index (χ1n) is 13.3. The van der Waals surface area contributed by atoms with Gasteiger partial charge in [0, 0.05) is 12.1 Å². The molecule has 0 radical (unpaired) electrons. The number of nitrogens with two attached hydrogens (primary N) is 1. The van der Waals surface area contributed by atoms with Gasteiger partial charge in [0.05, 0.1) is 18.3 Å². The molecule has 0 aromatic heterocycles. The number of fused-ring (bicyclic) bond motifs is 3. The first-order valence-corrected chi connectivity index (χ1v) is 13.3. The summed E-state index contributed by atoms with van der Waals surface area (Å²) < 4.78 is 0. The molecule has 0 bridgehead atoms. The molecule has 6 nitrogen and oxygen atoms in total. The topological polar surface area (TPSA) is 119 Å². The predicted octanol–water partition coefficient (Wildman–Crippen LogP) is 1.90. The standard InChI is InChI=1S/C26H44N2O4/c1-13-6-8-17-19(10-13)23(29)18-9-7-15(12-20(18)24(17)30)28-26(32)21-11-14-4-2-3-5-16(14)22(27)25(21)31/h11,13-20,22-26,28-32H,2-10,12,27H2,1H3/t13-,14?,15?,16?,17?,18?,19?,20?,22?,23?,24?,25?,26?/m1/s1. The smallest absolute Gasteiger partial charge is 0.129 e. The van der Waals surface area contributed by atoms with Crippen molar-refractivity contribution in [3.05, 3.63) is 11.6 Å². The van der Waals surface area contributed by atoms with Crippen LogP contribution >= 0.6 is 0 Å². The molecule has 5 aliphatic carbocycles. The fourth-order valence-corrected chi connectivity index (χ4v) is 8.34. The summed E-state index contributed by atoms with van der Waals surface area (Å²) in [7, 11) is 0. The van der Waals surface area contributed by atoms with Crippen molar-refractivity contribution in [1.82, 2.24) is 5.32 Å². The SMILES string of the molecule is C[C@@H]1CCC2C(O)C3CC(NC(O)C4=CC5CCCCC5C(N)C4O)CCC3C(O)C2C1. The third-order valence-corrected chi connectivity index (χ3v) is 10.1. The Labute approximate surface area is 192 Å². The van der Waals surface area contributed by atoms with Crippen LogP contribution in [0.1, 0.15) is 71.1 Å². The van der Waals surface area contributed by atoms with Gasteiger partial charge in [0.2, 0.25) is 0 Å². The van der Waals surface area contributed by atoms with Crippen molar-refractivity contribution in [3.63, 3.8) is 0 Å². The molecule has 32 heavy (non-hydrogen) atoms. The fraction of sp³-hybridized carbons (Fsp3) is 0.923. The Morgan fingerprint density at radius 1 is 0.844 bits per heavy atom. The second-order valence-electron chi connectivity index (χ2n) is 11.9. The highest BCUT2D eigenvalue weighted by Gasteiger charge is 2.52. The number of aliphatic hydroxyl groups is 4. The highest BCUT2D eigenvalue weighted by Crippen LogP contribution is 2.51. The number of nitrogens with one attached hydrogen (secondary N) is 1. The lowest BCUT2D eigenvalue weighted by Gasteiger charge is -2.54. The maximum atomic E-state index is 11.2. The Balaban J connectivity index is 1.25. The maximum absolute atomic E-state index is 11.2. The van der Waals surface area contributed by atoms with Crippen LogP contribution in [0.2, 0.25) is 0 Å². The lowest BCUT2D eigenvalue weighted by molar-refractivity contribution is -0.152. The van der Waals surface area contributed by atoms with Gasteiger partial charge in [0.25, 0.3) is 0 Å². The van der Waals surface area contributed by atoms with E-state index >= 15 is 0 Å². The van der Waals surface area contributed by atoms with Crippen molar-refractivity contribution in [1.29, 1.82) is 0 Å². The number of hydrogen-bond donors (Lipinski definition) is 6. The highest BCUT2D eigenvalue weighted by molar-refractivity contribution is 5.23. The number of rotatable bonds is 3. The van der Waals surface area contributed by atoms with Gasteiger partial charge in [-0.25, -0.2) is 0 Å². The first kappa shape index (κ1) is 23.3. The molecule has 4 fully saturated rings. The summed E-state index contributed by atoms with van der Waals surface area (Å²) in [4.78, 5) is 0. The van der Waals surface area contributed by atoms with E-state index in [-0.39, 0.29) is 48.0 Å². The molecule has 12 unspecified atom stereocenters. The molecule has 0 heterocycles. The minimum atomic E-state index is -0.908. The largest absolute Gasteiger partial charge is 0.393 e. The minimum Gasteiger partial charge on any atom is -0.393 e. The average molecular weight is 449 g/mol. The van der Waals surface area contributed by atoms with Gasteiger partial charge in [-0.1, -0.05) is 32.3 Å². The quantitative estimate of drug-likeness (QED) is 0.290. The molecule has 5 aliphatic rings. The van der Waals surface area contributed by atoms with Crippen LogP contribution in [0.25, 0.3) is 0 Å². The van der Waals surface area contributed by atoms with E-state index in [9.17, 15) is 20.4 Å². The Bertz CT molecular complexity index is 701. The summed E-state index contributed by atoms with van der Waals surface area (Å²) in [6.07, 6.45) is 9.88. The van der Waals surface area contributed by atoms with E-state index < -0.39 is 12.3 Å². The van der Waals surface area contributed by atoms with Gasteiger partial charge in [-0.3, -0.25) is 5.32 Å². The number of hydrogen-bond acceptors (Lipinski definition) is 6. The highest BCUT2D eigenvalue weighted by atomic mass is 16.3. The normalized spacial score (nSPS) is 52.2. The van der Waals surface area contributed by atoms with Crippen molar-refractivity contribution >= 4 is 0 Å². The van der Waals surface area contributed by atoms with Gasteiger partial charge in [-0.15, -0.1) is 0 Å². The molecule has 6 heteroatoms. The van der Waals surface area contributed by atoms with Gasteiger partial charge in [0.15, 0.2) is 0 Å². The minimum absolute atomic E-state index is 0.0700. The van der Waals surface area contributed by atoms with Crippen molar-refractivity contribution in [2.75, 3.05) is 0 Å². The molecular formula is C26H44N2O4. The zero-order valence-electron chi connectivity index (χ0n) is 19.5. The number of allylic oxidation sites excluding steroid dienone is 1. The predicted molar refractivity (Wildman–Crippen MR) is 123 cm³/mol. The summed E-state index contributed by atoms with van der Waals surface area (Å²) in [6, 6.07) is -0.242. The summed E-state index contributed by atoms with van der Waals surface area (Å²) in [6.45, 7) is 2.26. The average Bonchev–Trinajstić information content (AvgIpc) is 2.79. The van der Waals surface area contributed by atoms with Crippen molar-refractivity contribution in [2.24, 2.45) is 47.2 Å².